The van der Waals surface area contributed by atoms with Gasteiger partial charge in [-0.15, -0.1) is 0 Å². The molecule has 1 radical (unpaired) electrons. The fourth-order valence-corrected chi connectivity index (χ4v) is 0. The first-order valence-corrected chi connectivity index (χ1v) is 1.95. The number of rotatable bonds is 0. The second kappa shape index (κ2) is 10.1. The van der Waals surface area contributed by atoms with Crippen LogP contribution in [0.3, 0.4) is 0 Å². The molecule has 3 nitrogen and oxygen atoms in total. The van der Waals surface area contributed by atoms with Gasteiger partial charge in [-0.3, -0.25) is 4.46 Å². The van der Waals surface area contributed by atoms with Crippen LogP contribution in [0.2, 0.25) is 0 Å². The smallest absolute Gasteiger partial charge is 0 e. The van der Waals surface area contributed by atoms with E-state index >= 15 is 0 Å². The predicted molar refractivity (Wildman–Crippen MR) is 19.4 cm³/mol. The van der Waals surface area contributed by atoms with E-state index in [1.807, 2.05) is 0 Å². The SMILES string of the molecule is O=[Si](O)O.[CaH2].[Y]. The fraction of sp³-hybridized carbons (Fsp3) is 0. The van der Waals surface area contributed by atoms with Crippen LogP contribution in [0.5, 0.6) is 0 Å². The van der Waals surface area contributed by atoms with Crippen LogP contribution in [0, 0.1) is 0 Å². The summed E-state index contributed by atoms with van der Waals surface area (Å²) in [5.74, 6) is 0. The Morgan fingerprint density at radius 2 is 1.33 bits per heavy atom. The minimum Gasteiger partial charge on any atom is 0 e. The normalized spacial score (nSPS) is 4.00. The third kappa shape index (κ3) is 37.8. The first kappa shape index (κ1) is 15.7. The van der Waals surface area contributed by atoms with E-state index in [0.717, 1.165) is 0 Å². The summed E-state index contributed by atoms with van der Waals surface area (Å²) in [6.07, 6.45) is 0. The maximum Gasteiger partial charge on any atom is 0 e. The molecule has 0 aliphatic rings. The maximum atomic E-state index is 8.74. The van der Waals surface area contributed by atoms with E-state index in [4.69, 9.17) is 14.1 Å². The zero-order valence-electron chi connectivity index (χ0n) is 2.38. The molecule has 0 unspecified atom stereocenters. The van der Waals surface area contributed by atoms with E-state index in [1.54, 1.807) is 0 Å². The molecule has 0 saturated heterocycles. The van der Waals surface area contributed by atoms with Crippen LogP contribution >= 0.6 is 0 Å². The molecular weight excluding hydrogens is 205 g/mol. The van der Waals surface area contributed by atoms with Gasteiger partial charge in [0.25, 0.3) is 0 Å². The Bertz CT molecular complexity index is 33.8. The monoisotopic (exact) mass is 209 g/mol. The Hall–Kier alpha value is 1.98. The van der Waals surface area contributed by atoms with Crippen LogP contribution in [-0.2, 0) is 37.2 Å². The van der Waals surface area contributed by atoms with Gasteiger partial charge in [-0.05, 0) is 0 Å². The molecule has 0 heterocycles. The van der Waals surface area contributed by atoms with Gasteiger partial charge in [0.1, 0.15) is 0 Å². The van der Waals surface area contributed by atoms with E-state index in [-0.39, 0.29) is 70.4 Å². The summed E-state index contributed by atoms with van der Waals surface area (Å²) in [4.78, 5) is 14.3. The van der Waals surface area contributed by atoms with Gasteiger partial charge in [-0.2, -0.15) is 0 Å². The van der Waals surface area contributed by atoms with Gasteiger partial charge in [-0.1, -0.05) is 0 Å². The standard InChI is InChI=1S/Ca.H2O3Si.Y.2H/c;1-4(2)3;;;/h;1-2H;;;. The zero-order valence-corrected chi connectivity index (χ0v) is 6.22. The molecule has 6 heteroatoms. The molecule has 0 aromatic carbocycles. The zero-order chi connectivity index (χ0) is 3.58. The quantitative estimate of drug-likeness (QED) is 0.432. The summed E-state index contributed by atoms with van der Waals surface area (Å²) >= 11 is 0. The van der Waals surface area contributed by atoms with Crippen molar-refractivity contribution in [1.29, 1.82) is 0 Å². The Kier molecular flexibility index (Phi) is 26.3. The predicted octanol–water partition coefficient (Wildman–Crippen LogP) is -2.53. The van der Waals surface area contributed by atoms with Crippen LogP contribution in [0.1, 0.15) is 0 Å². The topological polar surface area (TPSA) is 57.5 Å². The van der Waals surface area contributed by atoms with Crippen molar-refractivity contribution in [2.24, 2.45) is 0 Å². The summed E-state index contributed by atoms with van der Waals surface area (Å²) in [6.45, 7) is 0. The van der Waals surface area contributed by atoms with E-state index in [2.05, 4.69) is 0 Å². The minimum absolute atomic E-state index is 0. The van der Waals surface area contributed by atoms with Gasteiger partial charge in [0.2, 0.25) is 0 Å². The van der Waals surface area contributed by atoms with Crippen LogP contribution in [0.4, 0.5) is 0 Å². The summed E-state index contributed by atoms with van der Waals surface area (Å²) in [7, 11) is -3.13. The van der Waals surface area contributed by atoms with Crippen molar-refractivity contribution >= 4 is 46.9 Å². The molecule has 0 rings (SSSR count). The molecule has 0 saturated carbocycles. The summed E-state index contributed by atoms with van der Waals surface area (Å²) < 4.78 is 8.74. The van der Waals surface area contributed by atoms with Crippen LogP contribution in [0.15, 0.2) is 0 Å². The molecule has 0 aromatic rings. The van der Waals surface area contributed by atoms with Gasteiger partial charge in [0.15, 0.2) is 0 Å². The van der Waals surface area contributed by atoms with Crippen LogP contribution in [-0.4, -0.2) is 56.5 Å². The molecule has 0 aromatic heterocycles. The van der Waals surface area contributed by atoms with E-state index < -0.39 is 9.17 Å². The van der Waals surface area contributed by atoms with Crippen molar-refractivity contribution in [2.45, 2.75) is 0 Å². The van der Waals surface area contributed by atoms with Crippen molar-refractivity contribution in [3.8, 4) is 0 Å². The first-order valence-electron chi connectivity index (χ1n) is 0.651. The van der Waals surface area contributed by atoms with Gasteiger partial charge in [0, 0.05) is 32.7 Å². The molecule has 6 heavy (non-hydrogen) atoms. The van der Waals surface area contributed by atoms with E-state index in [9.17, 15) is 0 Å². The van der Waals surface area contributed by atoms with Crippen molar-refractivity contribution in [2.75, 3.05) is 0 Å². The van der Waals surface area contributed by atoms with Crippen LogP contribution < -0.4 is 0 Å². The third-order valence-corrected chi connectivity index (χ3v) is 0. The van der Waals surface area contributed by atoms with Gasteiger partial charge >= 0.3 is 46.9 Å². The summed E-state index contributed by atoms with van der Waals surface area (Å²) in [5.41, 5.74) is 0. The van der Waals surface area contributed by atoms with Gasteiger partial charge in [0.05, 0.1) is 0 Å². The second-order valence-corrected chi connectivity index (χ2v) is 0.848. The maximum absolute atomic E-state index is 8.74. The van der Waals surface area contributed by atoms with Crippen molar-refractivity contribution < 1.29 is 46.8 Å². The van der Waals surface area contributed by atoms with E-state index in [0.29, 0.717) is 0 Å². The largest absolute Gasteiger partial charge is 0 e. The second-order valence-electron chi connectivity index (χ2n) is 0.283. The Morgan fingerprint density at radius 1 is 1.33 bits per heavy atom. The Morgan fingerprint density at radius 3 is 1.33 bits per heavy atom. The van der Waals surface area contributed by atoms with Crippen molar-refractivity contribution in [3.63, 3.8) is 0 Å². The average molecular weight is 209 g/mol. The number of hydrogen-bond donors (Lipinski definition) is 2. The molecule has 0 aliphatic heterocycles. The Balaban J connectivity index is -0.0000000450. The van der Waals surface area contributed by atoms with Gasteiger partial charge in [-0.25, -0.2) is 0 Å². The molecule has 2 N–H and O–H groups in total. The van der Waals surface area contributed by atoms with Crippen LogP contribution in [0.25, 0.3) is 0 Å². The van der Waals surface area contributed by atoms with Crippen molar-refractivity contribution in [3.05, 3.63) is 0 Å². The molecular formula is H4CaO3SiY. The fourth-order valence-electron chi connectivity index (χ4n) is 0. The molecule has 0 fully saturated rings. The first-order chi connectivity index (χ1) is 1.73. The third-order valence-electron chi connectivity index (χ3n) is 0. The summed E-state index contributed by atoms with van der Waals surface area (Å²) in [5, 5.41) is 0. The molecule has 0 bridgehead atoms. The minimum atomic E-state index is -3.13. The molecule has 0 atom stereocenters. The molecule has 0 amide bonds. The van der Waals surface area contributed by atoms with E-state index in [1.165, 1.54) is 0 Å². The Labute approximate surface area is 91.9 Å². The number of hydrogen-bond acceptors (Lipinski definition) is 1. The molecule has 0 spiro atoms. The average Bonchev–Trinajstić information content (AvgIpc) is 0.811. The molecule has 0 aliphatic carbocycles. The van der Waals surface area contributed by atoms with Crippen molar-refractivity contribution in [1.82, 2.24) is 0 Å². The summed E-state index contributed by atoms with van der Waals surface area (Å²) in [6, 6.07) is 0. The van der Waals surface area contributed by atoms with Gasteiger partial charge < -0.3 is 9.59 Å². The molecule has 31 valence electrons.